The number of nitrogens with zero attached hydrogens (tertiary/aromatic N) is 1. The molecule has 3 rings (SSSR count). The van der Waals surface area contributed by atoms with Gasteiger partial charge in [-0.05, 0) is 87.4 Å². The van der Waals surface area contributed by atoms with Crippen molar-refractivity contribution < 1.29 is 19.4 Å². The van der Waals surface area contributed by atoms with E-state index >= 15 is 0 Å². The van der Waals surface area contributed by atoms with E-state index in [0.29, 0.717) is 30.9 Å². The molecule has 1 N–H and O–H groups in total. The summed E-state index contributed by atoms with van der Waals surface area (Å²) >= 11 is 0. The van der Waals surface area contributed by atoms with Crippen molar-refractivity contribution in [1.82, 2.24) is 4.98 Å². The molecule has 0 unspecified atom stereocenters. The van der Waals surface area contributed by atoms with E-state index < -0.39 is 5.60 Å². The second kappa shape index (κ2) is 9.75. The van der Waals surface area contributed by atoms with E-state index in [1.165, 1.54) is 0 Å². The minimum absolute atomic E-state index is 0.338. The van der Waals surface area contributed by atoms with Crippen LogP contribution in [0, 0.1) is 13.8 Å². The summed E-state index contributed by atoms with van der Waals surface area (Å²) in [6.45, 7) is 8.44. The maximum atomic E-state index is 10.8. The van der Waals surface area contributed by atoms with E-state index in [1.54, 1.807) is 38.1 Å². The van der Waals surface area contributed by atoms with Crippen molar-refractivity contribution in [3.63, 3.8) is 0 Å². The normalized spacial score (nSPS) is 11.3. The number of carbonyl (C=O) groups is 1. The van der Waals surface area contributed by atoms with Crippen LogP contribution in [-0.2, 0) is 6.61 Å². The van der Waals surface area contributed by atoms with Crippen LogP contribution in [0.1, 0.15) is 47.4 Å². The lowest BCUT2D eigenvalue weighted by atomic mass is 9.98. The fourth-order valence-electron chi connectivity index (χ4n) is 3.33. The Kier molecular flexibility index (Phi) is 7.08. The first-order valence-corrected chi connectivity index (χ1v) is 10.4. The average Bonchev–Trinajstić information content (AvgIpc) is 2.71. The molecular weight excluding hydrogens is 390 g/mol. The van der Waals surface area contributed by atoms with Gasteiger partial charge in [-0.3, -0.25) is 4.79 Å². The molecule has 3 aromatic rings. The van der Waals surface area contributed by atoms with Crippen molar-refractivity contribution in [2.75, 3.05) is 6.61 Å². The van der Waals surface area contributed by atoms with Crippen LogP contribution in [0.25, 0.3) is 11.3 Å². The summed E-state index contributed by atoms with van der Waals surface area (Å²) < 4.78 is 11.7. The van der Waals surface area contributed by atoms with Crippen molar-refractivity contribution in [3.05, 3.63) is 77.0 Å². The van der Waals surface area contributed by atoms with E-state index in [9.17, 15) is 9.90 Å². The standard InChI is InChI=1S/C26H29NO4/c1-18-14-23(30-13-12-26(3,4)29)15-19(2)25(18)24-7-5-6-21(27-24)17-31-22-10-8-20(16-28)9-11-22/h5-11,14-16,29H,12-13,17H2,1-4H3. The third kappa shape index (κ3) is 6.40. The molecule has 0 saturated carbocycles. The van der Waals surface area contributed by atoms with E-state index in [2.05, 4.69) is 0 Å². The zero-order valence-corrected chi connectivity index (χ0v) is 18.5. The number of rotatable bonds is 9. The number of carbonyl (C=O) groups excluding carboxylic acids is 1. The first kappa shape index (κ1) is 22.5. The molecule has 162 valence electrons. The third-order valence-electron chi connectivity index (χ3n) is 4.95. The maximum Gasteiger partial charge on any atom is 0.150 e. The molecule has 0 aliphatic carbocycles. The van der Waals surface area contributed by atoms with Crippen molar-refractivity contribution in [3.8, 4) is 22.8 Å². The number of aryl methyl sites for hydroxylation is 2. The summed E-state index contributed by atoms with van der Waals surface area (Å²) in [7, 11) is 0. The molecule has 0 aliphatic rings. The predicted molar refractivity (Wildman–Crippen MR) is 122 cm³/mol. The molecule has 0 radical (unpaired) electrons. The predicted octanol–water partition coefficient (Wildman–Crippen LogP) is 5.30. The van der Waals surface area contributed by atoms with Crippen LogP contribution >= 0.6 is 0 Å². The van der Waals surface area contributed by atoms with Gasteiger partial charge in [-0.2, -0.15) is 0 Å². The van der Waals surface area contributed by atoms with E-state index in [-0.39, 0.29) is 0 Å². The van der Waals surface area contributed by atoms with Gasteiger partial charge in [0.1, 0.15) is 24.4 Å². The van der Waals surface area contributed by atoms with Gasteiger partial charge < -0.3 is 14.6 Å². The molecule has 0 atom stereocenters. The summed E-state index contributed by atoms with van der Waals surface area (Å²) in [5, 5.41) is 9.85. The molecule has 5 heteroatoms. The first-order chi connectivity index (χ1) is 14.7. The lowest BCUT2D eigenvalue weighted by Crippen LogP contribution is -2.21. The smallest absolute Gasteiger partial charge is 0.150 e. The fraction of sp³-hybridized carbons (Fsp3) is 0.308. The Morgan fingerprint density at radius 3 is 2.26 bits per heavy atom. The summed E-state index contributed by atoms with van der Waals surface area (Å²) in [5.41, 5.74) is 4.81. The third-order valence-corrected chi connectivity index (χ3v) is 4.95. The Morgan fingerprint density at radius 2 is 1.65 bits per heavy atom. The zero-order valence-electron chi connectivity index (χ0n) is 18.5. The highest BCUT2D eigenvalue weighted by Gasteiger charge is 2.14. The van der Waals surface area contributed by atoms with Gasteiger partial charge >= 0.3 is 0 Å². The van der Waals surface area contributed by atoms with Crippen LogP contribution in [-0.4, -0.2) is 28.6 Å². The summed E-state index contributed by atoms with van der Waals surface area (Å²) in [6.07, 6.45) is 1.37. The van der Waals surface area contributed by atoms with Gasteiger partial charge in [-0.25, -0.2) is 4.98 Å². The molecule has 0 aliphatic heterocycles. The molecular formula is C26H29NO4. The molecule has 0 bridgehead atoms. The highest BCUT2D eigenvalue weighted by atomic mass is 16.5. The van der Waals surface area contributed by atoms with Gasteiger partial charge in [0.2, 0.25) is 0 Å². The molecule has 1 heterocycles. The lowest BCUT2D eigenvalue weighted by molar-refractivity contribution is 0.0553. The van der Waals surface area contributed by atoms with Crippen LogP contribution < -0.4 is 9.47 Å². The number of pyridine rings is 1. The van der Waals surface area contributed by atoms with Crippen LogP contribution in [0.5, 0.6) is 11.5 Å². The van der Waals surface area contributed by atoms with Gasteiger partial charge in [-0.15, -0.1) is 0 Å². The SMILES string of the molecule is Cc1cc(OCCC(C)(C)O)cc(C)c1-c1cccc(COc2ccc(C=O)cc2)n1. The Labute approximate surface area is 183 Å². The number of aliphatic hydroxyl groups is 1. The van der Waals surface area contributed by atoms with Crippen LogP contribution in [0.3, 0.4) is 0 Å². The quantitative estimate of drug-likeness (QED) is 0.477. The van der Waals surface area contributed by atoms with Crippen LogP contribution in [0.2, 0.25) is 0 Å². The molecule has 5 nitrogen and oxygen atoms in total. The number of aldehydes is 1. The second-order valence-corrected chi connectivity index (χ2v) is 8.33. The summed E-state index contributed by atoms with van der Waals surface area (Å²) in [4.78, 5) is 15.6. The number of hydrogen-bond acceptors (Lipinski definition) is 5. The molecule has 31 heavy (non-hydrogen) atoms. The Morgan fingerprint density at radius 1 is 0.968 bits per heavy atom. The topological polar surface area (TPSA) is 68.7 Å². The molecule has 0 amide bonds. The second-order valence-electron chi connectivity index (χ2n) is 8.33. The van der Waals surface area contributed by atoms with E-state index in [1.807, 2.05) is 44.2 Å². The zero-order chi connectivity index (χ0) is 22.4. The van der Waals surface area contributed by atoms with E-state index in [0.717, 1.165) is 40.1 Å². The Hall–Kier alpha value is -3.18. The molecule has 1 aromatic heterocycles. The van der Waals surface area contributed by atoms with Crippen molar-refractivity contribution in [2.24, 2.45) is 0 Å². The van der Waals surface area contributed by atoms with Gasteiger partial charge in [0.25, 0.3) is 0 Å². The van der Waals surface area contributed by atoms with Crippen LogP contribution in [0.15, 0.2) is 54.6 Å². The fourth-order valence-corrected chi connectivity index (χ4v) is 3.33. The van der Waals surface area contributed by atoms with Crippen LogP contribution in [0.4, 0.5) is 0 Å². The first-order valence-electron chi connectivity index (χ1n) is 10.4. The maximum absolute atomic E-state index is 10.8. The minimum atomic E-state index is -0.743. The van der Waals surface area contributed by atoms with Gasteiger partial charge in [-0.1, -0.05) is 6.07 Å². The Bertz CT molecular complexity index is 1010. The average molecular weight is 420 g/mol. The monoisotopic (exact) mass is 419 g/mol. The number of aromatic nitrogens is 1. The van der Waals surface area contributed by atoms with Gasteiger partial charge in [0, 0.05) is 17.5 Å². The lowest BCUT2D eigenvalue weighted by Gasteiger charge is -2.18. The number of benzene rings is 2. The van der Waals surface area contributed by atoms with Gasteiger partial charge in [0.05, 0.1) is 23.6 Å². The Balaban J connectivity index is 1.72. The van der Waals surface area contributed by atoms with Gasteiger partial charge in [0.15, 0.2) is 0 Å². The molecule has 0 spiro atoms. The minimum Gasteiger partial charge on any atom is -0.493 e. The molecule has 0 fully saturated rings. The molecule has 2 aromatic carbocycles. The summed E-state index contributed by atoms with van der Waals surface area (Å²) in [5.74, 6) is 1.49. The van der Waals surface area contributed by atoms with Crippen molar-refractivity contribution >= 4 is 6.29 Å². The highest BCUT2D eigenvalue weighted by Crippen LogP contribution is 2.30. The largest absolute Gasteiger partial charge is 0.493 e. The molecule has 0 saturated heterocycles. The van der Waals surface area contributed by atoms with Crippen molar-refractivity contribution in [1.29, 1.82) is 0 Å². The number of hydrogen-bond donors (Lipinski definition) is 1. The highest BCUT2D eigenvalue weighted by molar-refractivity contribution is 5.74. The van der Waals surface area contributed by atoms with E-state index in [4.69, 9.17) is 14.5 Å². The van der Waals surface area contributed by atoms with Crippen molar-refractivity contribution in [2.45, 2.75) is 46.3 Å². The number of ether oxygens (including phenoxy) is 2. The summed E-state index contributed by atoms with van der Waals surface area (Å²) in [6, 6.07) is 16.9.